The number of amides is 2. The Morgan fingerprint density at radius 1 is 1.00 bits per heavy atom. The highest BCUT2D eigenvalue weighted by molar-refractivity contribution is 14.1. The number of carbonyl (C=O) groups is 2. The van der Waals surface area contributed by atoms with E-state index in [4.69, 9.17) is 23.2 Å². The molecule has 1 atom stereocenters. The van der Waals surface area contributed by atoms with Crippen molar-refractivity contribution in [1.82, 2.24) is 10.2 Å². The molecule has 0 aromatic heterocycles. The smallest absolute Gasteiger partial charge is 0.264 e. The average Bonchev–Trinajstić information content (AvgIpc) is 2.92. The van der Waals surface area contributed by atoms with Gasteiger partial charge < -0.3 is 10.2 Å². The van der Waals surface area contributed by atoms with Crippen molar-refractivity contribution in [1.29, 1.82) is 0 Å². The molecule has 11 heteroatoms. The molecule has 0 heterocycles. The van der Waals surface area contributed by atoms with Crippen LogP contribution in [0.4, 0.5) is 5.69 Å². The van der Waals surface area contributed by atoms with Crippen LogP contribution in [0.3, 0.4) is 0 Å². The molecular formula is C28H30Cl2IN3O4S. The fourth-order valence-electron chi connectivity index (χ4n) is 3.81. The maximum Gasteiger partial charge on any atom is 0.264 e. The van der Waals surface area contributed by atoms with E-state index in [0.717, 1.165) is 20.7 Å². The molecule has 0 spiro atoms. The normalized spacial score (nSPS) is 12.0. The van der Waals surface area contributed by atoms with Gasteiger partial charge in [0, 0.05) is 26.7 Å². The van der Waals surface area contributed by atoms with Crippen LogP contribution in [0.2, 0.25) is 10.0 Å². The van der Waals surface area contributed by atoms with Gasteiger partial charge in [-0.1, -0.05) is 60.8 Å². The molecule has 0 aliphatic rings. The summed E-state index contributed by atoms with van der Waals surface area (Å²) >= 11 is 14.6. The van der Waals surface area contributed by atoms with Crippen molar-refractivity contribution in [3.63, 3.8) is 0 Å². The standard InChI is InChI=1S/C28H30Cl2IN3O4S/c1-3-4-16-32-28(36)20(2)33(18-21-10-11-22(29)17-26(21)30)27(35)19-34(24-14-12-23(31)13-15-24)39(37,38)25-8-6-5-7-9-25/h5-15,17,20H,3-4,16,18-19H2,1-2H3,(H,32,36)/t20-/m0/s1. The van der Waals surface area contributed by atoms with E-state index in [1.54, 1.807) is 67.6 Å². The zero-order chi connectivity index (χ0) is 28.6. The summed E-state index contributed by atoms with van der Waals surface area (Å²) in [5, 5.41) is 3.63. The van der Waals surface area contributed by atoms with Gasteiger partial charge in [-0.05, 0) is 90.0 Å². The lowest BCUT2D eigenvalue weighted by Gasteiger charge is -2.32. The van der Waals surface area contributed by atoms with Crippen LogP contribution in [0, 0.1) is 3.57 Å². The summed E-state index contributed by atoms with van der Waals surface area (Å²) < 4.78 is 29.5. The van der Waals surface area contributed by atoms with Crippen molar-refractivity contribution in [3.8, 4) is 0 Å². The summed E-state index contributed by atoms with van der Waals surface area (Å²) in [4.78, 5) is 28.3. The van der Waals surface area contributed by atoms with Gasteiger partial charge in [0.15, 0.2) is 0 Å². The van der Waals surface area contributed by atoms with Crippen LogP contribution in [-0.2, 0) is 26.2 Å². The number of sulfonamides is 1. The van der Waals surface area contributed by atoms with Crippen LogP contribution in [0.1, 0.15) is 32.3 Å². The first-order chi connectivity index (χ1) is 18.5. The number of nitrogens with one attached hydrogen (secondary N) is 1. The predicted molar refractivity (Wildman–Crippen MR) is 165 cm³/mol. The van der Waals surface area contributed by atoms with Gasteiger partial charge in [0.25, 0.3) is 10.0 Å². The molecular weight excluding hydrogens is 672 g/mol. The Morgan fingerprint density at radius 2 is 1.67 bits per heavy atom. The summed E-state index contributed by atoms with van der Waals surface area (Å²) in [6.07, 6.45) is 1.70. The Hall–Kier alpha value is -2.34. The van der Waals surface area contributed by atoms with Crippen molar-refractivity contribution in [2.24, 2.45) is 0 Å². The van der Waals surface area contributed by atoms with Crippen LogP contribution in [0.5, 0.6) is 0 Å². The molecule has 2 amide bonds. The molecule has 39 heavy (non-hydrogen) atoms. The Labute approximate surface area is 253 Å². The molecule has 0 saturated carbocycles. The van der Waals surface area contributed by atoms with Crippen molar-refractivity contribution in [2.45, 2.75) is 44.2 Å². The zero-order valence-electron chi connectivity index (χ0n) is 21.6. The highest BCUT2D eigenvalue weighted by Crippen LogP contribution is 2.27. The fourth-order valence-corrected chi connectivity index (χ4v) is 6.07. The molecule has 1 N–H and O–H groups in total. The summed E-state index contributed by atoms with van der Waals surface area (Å²) in [7, 11) is -4.11. The lowest BCUT2D eigenvalue weighted by atomic mass is 10.1. The lowest BCUT2D eigenvalue weighted by Crippen LogP contribution is -2.51. The highest BCUT2D eigenvalue weighted by Gasteiger charge is 2.32. The number of hydrogen-bond acceptors (Lipinski definition) is 4. The third-order valence-electron chi connectivity index (χ3n) is 6.08. The van der Waals surface area contributed by atoms with Gasteiger partial charge in [0.05, 0.1) is 10.6 Å². The SMILES string of the molecule is CCCCNC(=O)[C@H](C)N(Cc1ccc(Cl)cc1Cl)C(=O)CN(c1ccc(I)cc1)S(=O)(=O)c1ccccc1. The van der Waals surface area contributed by atoms with E-state index in [2.05, 4.69) is 27.9 Å². The van der Waals surface area contributed by atoms with Crippen molar-refractivity contribution >= 4 is 73.3 Å². The molecule has 0 unspecified atom stereocenters. The van der Waals surface area contributed by atoms with Gasteiger partial charge in [-0.15, -0.1) is 0 Å². The first-order valence-corrected chi connectivity index (χ1v) is 15.7. The first kappa shape index (κ1) is 31.2. The number of halogens is 3. The number of hydrogen-bond donors (Lipinski definition) is 1. The number of anilines is 1. The van der Waals surface area contributed by atoms with Crippen LogP contribution in [0.25, 0.3) is 0 Å². The topological polar surface area (TPSA) is 86.8 Å². The molecule has 3 aromatic carbocycles. The van der Waals surface area contributed by atoms with E-state index in [1.807, 2.05) is 6.92 Å². The van der Waals surface area contributed by atoms with Crippen molar-refractivity contribution in [2.75, 3.05) is 17.4 Å². The van der Waals surface area contributed by atoms with E-state index in [1.165, 1.54) is 17.0 Å². The molecule has 0 aliphatic heterocycles. The molecule has 0 bridgehead atoms. The van der Waals surface area contributed by atoms with Gasteiger partial charge in [-0.3, -0.25) is 13.9 Å². The third kappa shape index (κ3) is 8.33. The second-order valence-electron chi connectivity index (χ2n) is 8.88. The van der Waals surface area contributed by atoms with E-state index < -0.39 is 28.5 Å². The van der Waals surface area contributed by atoms with Gasteiger partial charge in [0.2, 0.25) is 11.8 Å². The average molecular weight is 702 g/mol. The molecule has 0 aliphatic carbocycles. The van der Waals surface area contributed by atoms with E-state index in [0.29, 0.717) is 27.8 Å². The minimum atomic E-state index is -4.11. The van der Waals surface area contributed by atoms with Crippen LogP contribution < -0.4 is 9.62 Å². The zero-order valence-corrected chi connectivity index (χ0v) is 26.1. The Kier molecular flexibility index (Phi) is 11.5. The molecule has 3 rings (SSSR count). The van der Waals surface area contributed by atoms with Crippen LogP contribution >= 0.6 is 45.8 Å². The van der Waals surface area contributed by atoms with Crippen LogP contribution in [-0.4, -0.2) is 44.3 Å². The van der Waals surface area contributed by atoms with E-state index >= 15 is 0 Å². The summed E-state index contributed by atoms with van der Waals surface area (Å²) in [6.45, 7) is 3.57. The maximum absolute atomic E-state index is 13.9. The second kappa shape index (κ2) is 14.3. The predicted octanol–water partition coefficient (Wildman–Crippen LogP) is 6.13. The number of unbranched alkanes of at least 4 members (excludes halogenated alkanes) is 1. The largest absolute Gasteiger partial charge is 0.354 e. The fraction of sp³-hybridized carbons (Fsp3) is 0.286. The Balaban J connectivity index is 2.00. The monoisotopic (exact) mass is 701 g/mol. The van der Waals surface area contributed by atoms with Gasteiger partial charge >= 0.3 is 0 Å². The van der Waals surface area contributed by atoms with Crippen molar-refractivity contribution in [3.05, 3.63) is 92.0 Å². The van der Waals surface area contributed by atoms with E-state index in [-0.39, 0.29) is 17.3 Å². The highest BCUT2D eigenvalue weighted by atomic mass is 127. The lowest BCUT2D eigenvalue weighted by molar-refractivity contribution is -0.139. The summed E-state index contributed by atoms with van der Waals surface area (Å²) in [6, 6.07) is 18.8. The quantitative estimate of drug-likeness (QED) is 0.182. The third-order valence-corrected chi connectivity index (χ3v) is 9.17. The number of carbonyl (C=O) groups excluding carboxylic acids is 2. The Bertz CT molecular complexity index is 1390. The van der Waals surface area contributed by atoms with Crippen molar-refractivity contribution < 1.29 is 18.0 Å². The Morgan fingerprint density at radius 3 is 2.28 bits per heavy atom. The molecule has 0 fully saturated rings. The first-order valence-electron chi connectivity index (χ1n) is 12.4. The molecule has 0 radical (unpaired) electrons. The summed E-state index contributed by atoms with van der Waals surface area (Å²) in [5.74, 6) is -0.897. The number of rotatable bonds is 12. The second-order valence-corrected chi connectivity index (χ2v) is 12.8. The molecule has 3 aromatic rings. The molecule has 0 saturated heterocycles. The number of nitrogens with zero attached hydrogens (tertiary/aromatic N) is 2. The summed E-state index contributed by atoms with van der Waals surface area (Å²) in [5.41, 5.74) is 0.909. The minimum Gasteiger partial charge on any atom is -0.354 e. The minimum absolute atomic E-state index is 0.0108. The van der Waals surface area contributed by atoms with Gasteiger partial charge in [-0.25, -0.2) is 8.42 Å². The van der Waals surface area contributed by atoms with E-state index in [9.17, 15) is 18.0 Å². The maximum atomic E-state index is 13.9. The molecule has 208 valence electrons. The molecule has 7 nitrogen and oxygen atoms in total. The van der Waals surface area contributed by atoms with Gasteiger partial charge in [-0.2, -0.15) is 0 Å². The van der Waals surface area contributed by atoms with Gasteiger partial charge in [0.1, 0.15) is 12.6 Å². The number of benzene rings is 3. The van der Waals surface area contributed by atoms with Crippen LogP contribution in [0.15, 0.2) is 77.7 Å².